The summed E-state index contributed by atoms with van der Waals surface area (Å²) >= 11 is 0. The summed E-state index contributed by atoms with van der Waals surface area (Å²) in [6.45, 7) is -5.07. The van der Waals surface area contributed by atoms with Crippen molar-refractivity contribution in [3.05, 3.63) is 0 Å². The molecule has 0 aromatic heterocycles. The maximum atomic E-state index is 6.69. The van der Waals surface area contributed by atoms with E-state index in [1.165, 1.54) is 0 Å². The Hall–Kier alpha value is 0.250. The average Bonchev–Trinajstić information content (AvgIpc) is 1.59. The van der Waals surface area contributed by atoms with Crippen LogP contribution in [0.4, 0.5) is 0 Å². The van der Waals surface area contributed by atoms with Gasteiger partial charge in [0.1, 0.15) is 0 Å². The Morgan fingerprint density at radius 2 is 2.00 bits per heavy atom. The summed E-state index contributed by atoms with van der Waals surface area (Å²) in [6.07, 6.45) is 0. The van der Waals surface area contributed by atoms with Crippen molar-refractivity contribution < 1.29 is 8.22 Å². The molecule has 0 atom stereocenters. The number of nitrogens with zero attached hydrogens (tertiary/aromatic N) is 1. The van der Waals surface area contributed by atoms with E-state index in [9.17, 15) is 0 Å². The van der Waals surface area contributed by atoms with Gasteiger partial charge < -0.3 is 4.90 Å². The van der Waals surface area contributed by atoms with Crippen molar-refractivity contribution >= 4 is 12.4 Å². The van der Waals surface area contributed by atoms with Crippen molar-refractivity contribution in [2.75, 3.05) is 21.0 Å². The van der Waals surface area contributed by atoms with Gasteiger partial charge in [0, 0.05) is 8.22 Å². The third kappa shape index (κ3) is 344. The largest absolute Gasteiger partial charge is 0.312 e. The van der Waals surface area contributed by atoms with E-state index >= 15 is 0 Å². The minimum atomic E-state index is -2.54. The van der Waals surface area contributed by atoms with Gasteiger partial charge in [-0.2, -0.15) is 0 Å². The molecule has 5 heavy (non-hydrogen) atoms. The van der Waals surface area contributed by atoms with Crippen LogP contribution in [-0.2, 0) is 0 Å². The van der Waals surface area contributed by atoms with Gasteiger partial charge in [-0.15, -0.1) is 12.4 Å². The summed E-state index contributed by atoms with van der Waals surface area (Å²) in [5.74, 6) is 0. The summed E-state index contributed by atoms with van der Waals surface area (Å²) < 4.78 is 40.2. The minimum absolute atomic E-state index is 0. The molecule has 0 aromatic rings. The van der Waals surface area contributed by atoms with Crippen molar-refractivity contribution in [1.29, 1.82) is 0 Å². The van der Waals surface area contributed by atoms with Crippen LogP contribution in [0.3, 0.4) is 0 Å². The lowest BCUT2D eigenvalue weighted by Gasteiger charge is -1.90. The smallest absolute Gasteiger partial charge is 0.0394 e. The first-order chi connectivity index (χ1) is 4.15. The second-order valence-corrected chi connectivity index (χ2v) is 0.559. The Morgan fingerprint density at radius 3 is 2.00 bits per heavy atom. The Labute approximate surface area is 47.8 Å². The molecule has 0 spiro atoms. The van der Waals surface area contributed by atoms with Crippen LogP contribution in [0.25, 0.3) is 0 Å². The highest BCUT2D eigenvalue weighted by molar-refractivity contribution is 5.85. The first-order valence-electron chi connectivity index (χ1n) is 3.89. The molecule has 0 aliphatic rings. The van der Waals surface area contributed by atoms with Crippen LogP contribution in [0.15, 0.2) is 0 Å². The summed E-state index contributed by atoms with van der Waals surface area (Å²) in [7, 11) is 1.04. The maximum absolute atomic E-state index is 6.69. The van der Waals surface area contributed by atoms with Crippen molar-refractivity contribution in [3.8, 4) is 0 Å². The molecule has 0 radical (unpaired) electrons. The summed E-state index contributed by atoms with van der Waals surface area (Å²) in [4.78, 5) is 0.375. The Morgan fingerprint density at radius 1 is 1.60 bits per heavy atom. The zero-order chi connectivity index (χ0) is 8.58. The fourth-order valence-electron chi connectivity index (χ4n) is 0. The quantitative estimate of drug-likeness (QED) is 0.432. The van der Waals surface area contributed by atoms with Gasteiger partial charge in [0.2, 0.25) is 0 Å². The van der Waals surface area contributed by atoms with E-state index in [1.54, 1.807) is 0 Å². The van der Waals surface area contributed by atoms with E-state index in [1.807, 2.05) is 0 Å². The third-order valence-corrected chi connectivity index (χ3v) is 0. The Bertz CT molecular complexity index is 102. The van der Waals surface area contributed by atoms with Crippen LogP contribution in [0.2, 0.25) is 0 Å². The van der Waals surface area contributed by atoms with Crippen molar-refractivity contribution in [3.63, 3.8) is 0 Å². The minimum Gasteiger partial charge on any atom is -0.312 e. The molecule has 0 fully saturated rings. The lowest BCUT2D eigenvalue weighted by molar-refractivity contribution is 0.505. The van der Waals surface area contributed by atoms with Crippen LogP contribution in [-0.4, -0.2) is 25.9 Å². The van der Waals surface area contributed by atoms with Gasteiger partial charge in [0.15, 0.2) is 0 Å². The van der Waals surface area contributed by atoms with Gasteiger partial charge in [0.05, 0.1) is 0 Å². The van der Waals surface area contributed by atoms with Crippen LogP contribution in [0.5, 0.6) is 0 Å². The fourth-order valence-corrected chi connectivity index (χ4v) is 0. The molecule has 34 valence electrons. The predicted octanol–water partition coefficient (Wildman–Crippen LogP) is 0.600. The molecule has 0 aliphatic heterocycles. The standard InChI is InChI=1S/C3H9N.ClH/c1-4(2)3;/h1-3H3;1H/i1D3,2D3;. The molecular weight excluding hydrogens is 85.5 g/mol. The average molecular weight is 102 g/mol. The summed E-state index contributed by atoms with van der Waals surface area (Å²) in [6, 6.07) is 0. The zero-order valence-corrected chi connectivity index (χ0v) is 3.67. The molecule has 0 N–H and O–H groups in total. The molecule has 0 heterocycles. The SMILES string of the molecule is Cl.[2H]C([2H])([2H])N(C)C([2H])([2H])[2H]. The van der Waals surface area contributed by atoms with E-state index in [0.29, 0.717) is 4.90 Å². The highest BCUT2D eigenvalue weighted by Crippen LogP contribution is 1.47. The molecule has 1 nitrogen and oxygen atoms in total. The molecule has 0 rings (SSSR count). The lowest BCUT2D eigenvalue weighted by atomic mass is 11.0. The topological polar surface area (TPSA) is 3.24 Å². The van der Waals surface area contributed by atoms with Gasteiger partial charge in [0.25, 0.3) is 0 Å². The maximum Gasteiger partial charge on any atom is 0.0394 e. The molecule has 0 amide bonds. The molecule has 0 saturated carbocycles. The van der Waals surface area contributed by atoms with E-state index in [-0.39, 0.29) is 12.4 Å². The molecular formula is C3H10ClN. The van der Waals surface area contributed by atoms with Crippen molar-refractivity contribution in [1.82, 2.24) is 4.90 Å². The molecule has 0 unspecified atom stereocenters. The first-order valence-corrected chi connectivity index (χ1v) is 0.894. The van der Waals surface area contributed by atoms with E-state index in [2.05, 4.69) is 0 Å². The molecule has 0 aromatic carbocycles. The second-order valence-electron chi connectivity index (χ2n) is 0.559. The van der Waals surface area contributed by atoms with E-state index in [4.69, 9.17) is 8.22 Å². The monoisotopic (exact) mass is 101 g/mol. The molecule has 0 saturated heterocycles. The second kappa shape index (κ2) is 4.25. The van der Waals surface area contributed by atoms with Gasteiger partial charge in [-0.25, -0.2) is 0 Å². The van der Waals surface area contributed by atoms with Crippen LogP contribution < -0.4 is 0 Å². The van der Waals surface area contributed by atoms with Crippen molar-refractivity contribution in [2.24, 2.45) is 0 Å². The number of hydrogen-bond acceptors (Lipinski definition) is 1. The molecule has 0 aliphatic carbocycles. The lowest BCUT2D eigenvalue weighted by Crippen LogP contribution is -1.99. The first kappa shape index (κ1) is 1.11. The highest BCUT2D eigenvalue weighted by atomic mass is 35.5. The predicted molar refractivity (Wildman–Crippen MR) is 26.9 cm³/mol. The van der Waals surface area contributed by atoms with Crippen LogP contribution in [0, 0.1) is 0 Å². The summed E-state index contributed by atoms with van der Waals surface area (Å²) in [5.41, 5.74) is 0. The summed E-state index contributed by atoms with van der Waals surface area (Å²) in [5, 5.41) is 0. The number of hydrogen-bond donors (Lipinski definition) is 0. The van der Waals surface area contributed by atoms with Gasteiger partial charge >= 0.3 is 0 Å². The van der Waals surface area contributed by atoms with Gasteiger partial charge in [-0.3, -0.25) is 0 Å². The van der Waals surface area contributed by atoms with Gasteiger partial charge in [-0.05, 0) is 21.0 Å². The number of halogens is 1. The Balaban J connectivity index is 0. The van der Waals surface area contributed by atoms with Crippen LogP contribution >= 0.6 is 12.4 Å². The fraction of sp³-hybridized carbons (Fsp3) is 1.00. The molecule has 2 heteroatoms. The third-order valence-electron chi connectivity index (χ3n) is 0. The highest BCUT2D eigenvalue weighted by Gasteiger charge is 1.58. The number of rotatable bonds is 0. The molecule has 0 bridgehead atoms. The van der Waals surface area contributed by atoms with Crippen molar-refractivity contribution in [2.45, 2.75) is 0 Å². The van der Waals surface area contributed by atoms with E-state index < -0.39 is 14.0 Å². The Kier molecular flexibility index (Phi) is 0.942. The van der Waals surface area contributed by atoms with E-state index in [0.717, 1.165) is 7.05 Å². The van der Waals surface area contributed by atoms with Gasteiger partial charge in [-0.1, -0.05) is 0 Å². The normalized spacial score (nSPS) is 30.0. The van der Waals surface area contributed by atoms with Crippen LogP contribution in [0.1, 0.15) is 8.22 Å². The zero-order valence-electron chi connectivity index (χ0n) is 8.86.